The van der Waals surface area contributed by atoms with Gasteiger partial charge in [0.2, 0.25) is 0 Å². The number of benzene rings is 1. The molecule has 0 saturated heterocycles. The molecule has 0 radical (unpaired) electrons. The van der Waals surface area contributed by atoms with Gasteiger partial charge in [-0.15, -0.1) is 5.92 Å². The van der Waals surface area contributed by atoms with Crippen LogP contribution in [-0.4, -0.2) is 6.54 Å². The van der Waals surface area contributed by atoms with Crippen LogP contribution >= 0.6 is 0 Å². The number of hydrogen-bond acceptors (Lipinski definition) is 1. The van der Waals surface area contributed by atoms with Gasteiger partial charge in [0.25, 0.3) is 0 Å². The Morgan fingerprint density at radius 3 is 2.29 bits per heavy atom. The van der Waals surface area contributed by atoms with Crippen molar-refractivity contribution in [1.29, 1.82) is 0 Å². The van der Waals surface area contributed by atoms with Gasteiger partial charge >= 0.3 is 0 Å². The third-order valence-corrected chi connectivity index (χ3v) is 1.54. The van der Waals surface area contributed by atoms with Crippen molar-refractivity contribution in [3.8, 4) is 11.8 Å². The normalized spacial score (nSPS) is 9.14. The second kappa shape index (κ2) is 4.56. The summed E-state index contributed by atoms with van der Waals surface area (Å²) in [6.07, 6.45) is 0. The SMILES string of the molecule is CC#CCNc1cc(F)c(F)c(F)c1. The van der Waals surface area contributed by atoms with Crippen LogP contribution in [0.3, 0.4) is 0 Å². The molecule has 0 fully saturated rings. The lowest BCUT2D eigenvalue weighted by Gasteiger charge is -2.03. The zero-order valence-corrected chi connectivity index (χ0v) is 7.50. The summed E-state index contributed by atoms with van der Waals surface area (Å²) in [6.45, 7) is 1.91. The molecule has 74 valence electrons. The molecule has 0 amide bonds. The van der Waals surface area contributed by atoms with E-state index in [0.29, 0.717) is 0 Å². The predicted octanol–water partition coefficient (Wildman–Crippen LogP) is 2.54. The van der Waals surface area contributed by atoms with Crippen LogP contribution in [0.4, 0.5) is 18.9 Å². The molecule has 0 spiro atoms. The number of nitrogens with one attached hydrogen (secondary N) is 1. The fourth-order valence-electron chi connectivity index (χ4n) is 0.892. The van der Waals surface area contributed by atoms with Gasteiger partial charge in [-0.2, -0.15) is 0 Å². The van der Waals surface area contributed by atoms with E-state index in [1.165, 1.54) is 0 Å². The van der Waals surface area contributed by atoms with Gasteiger partial charge in [-0.25, -0.2) is 13.2 Å². The highest BCUT2D eigenvalue weighted by atomic mass is 19.2. The minimum absolute atomic E-state index is 0.171. The zero-order valence-electron chi connectivity index (χ0n) is 7.50. The molecule has 0 bridgehead atoms. The molecule has 0 heterocycles. The molecule has 1 aromatic carbocycles. The van der Waals surface area contributed by atoms with Crippen molar-refractivity contribution < 1.29 is 13.2 Å². The van der Waals surface area contributed by atoms with Gasteiger partial charge in [0.05, 0.1) is 6.54 Å². The van der Waals surface area contributed by atoms with Gasteiger partial charge in [0.15, 0.2) is 17.5 Å². The van der Waals surface area contributed by atoms with E-state index in [9.17, 15) is 13.2 Å². The van der Waals surface area contributed by atoms with Crippen molar-refractivity contribution in [1.82, 2.24) is 0 Å². The summed E-state index contributed by atoms with van der Waals surface area (Å²) >= 11 is 0. The third kappa shape index (κ3) is 2.43. The van der Waals surface area contributed by atoms with E-state index >= 15 is 0 Å². The number of halogens is 3. The third-order valence-electron chi connectivity index (χ3n) is 1.54. The standard InChI is InChI=1S/C10H8F3N/c1-2-3-4-14-7-5-8(11)10(13)9(12)6-7/h5-6,14H,4H2,1H3. The molecule has 1 rings (SSSR count). The van der Waals surface area contributed by atoms with Gasteiger partial charge in [0, 0.05) is 17.8 Å². The first kappa shape index (κ1) is 10.5. The van der Waals surface area contributed by atoms with Gasteiger partial charge in [-0.05, 0) is 6.92 Å². The Morgan fingerprint density at radius 2 is 1.79 bits per heavy atom. The van der Waals surface area contributed by atoms with Crippen molar-refractivity contribution in [3.05, 3.63) is 29.6 Å². The highest BCUT2D eigenvalue weighted by Crippen LogP contribution is 2.16. The van der Waals surface area contributed by atoms with Gasteiger partial charge in [-0.1, -0.05) is 5.92 Å². The summed E-state index contributed by atoms with van der Waals surface area (Å²) < 4.78 is 37.8. The lowest BCUT2D eigenvalue weighted by molar-refractivity contribution is 0.448. The first-order valence-electron chi connectivity index (χ1n) is 3.93. The summed E-state index contributed by atoms with van der Waals surface area (Å²) in [4.78, 5) is 0. The highest BCUT2D eigenvalue weighted by Gasteiger charge is 2.09. The number of anilines is 1. The van der Waals surface area contributed by atoms with Crippen molar-refractivity contribution in [3.63, 3.8) is 0 Å². The minimum Gasteiger partial charge on any atom is -0.374 e. The van der Waals surface area contributed by atoms with E-state index < -0.39 is 17.5 Å². The Balaban J connectivity index is 2.82. The van der Waals surface area contributed by atoms with Crippen molar-refractivity contribution in [2.24, 2.45) is 0 Å². The van der Waals surface area contributed by atoms with Crippen LogP contribution in [-0.2, 0) is 0 Å². The highest BCUT2D eigenvalue weighted by molar-refractivity contribution is 5.45. The molecule has 0 atom stereocenters. The molecular formula is C10H8F3N. The van der Waals surface area contributed by atoms with E-state index in [-0.39, 0.29) is 12.2 Å². The van der Waals surface area contributed by atoms with Crippen molar-refractivity contribution >= 4 is 5.69 Å². The Hall–Kier alpha value is -1.63. The fraction of sp³-hybridized carbons (Fsp3) is 0.200. The van der Waals surface area contributed by atoms with Crippen molar-refractivity contribution in [2.75, 3.05) is 11.9 Å². The van der Waals surface area contributed by atoms with Crippen LogP contribution in [0, 0.1) is 29.3 Å². The van der Waals surface area contributed by atoms with E-state index in [2.05, 4.69) is 17.2 Å². The van der Waals surface area contributed by atoms with Crippen LogP contribution in [0.5, 0.6) is 0 Å². The van der Waals surface area contributed by atoms with E-state index in [1.807, 2.05) is 0 Å². The maximum absolute atomic E-state index is 12.7. The first-order valence-corrected chi connectivity index (χ1v) is 3.93. The Kier molecular flexibility index (Phi) is 3.41. The minimum atomic E-state index is -1.46. The van der Waals surface area contributed by atoms with Crippen LogP contribution < -0.4 is 5.32 Å². The molecule has 0 aromatic heterocycles. The summed E-state index contributed by atoms with van der Waals surface area (Å²) in [5.74, 6) is 1.37. The lowest BCUT2D eigenvalue weighted by Crippen LogP contribution is -2.01. The molecule has 14 heavy (non-hydrogen) atoms. The molecular weight excluding hydrogens is 191 g/mol. The monoisotopic (exact) mass is 199 g/mol. The molecule has 0 saturated carbocycles. The molecule has 4 heteroatoms. The average molecular weight is 199 g/mol. The molecule has 0 aliphatic heterocycles. The van der Waals surface area contributed by atoms with Crippen LogP contribution in [0.25, 0.3) is 0 Å². The van der Waals surface area contributed by atoms with Gasteiger partial charge in [0.1, 0.15) is 0 Å². The van der Waals surface area contributed by atoms with E-state index in [0.717, 1.165) is 12.1 Å². The summed E-state index contributed by atoms with van der Waals surface area (Å²) in [5, 5.41) is 2.63. The van der Waals surface area contributed by atoms with Gasteiger partial charge < -0.3 is 5.32 Å². The second-order valence-electron chi connectivity index (χ2n) is 2.53. The first-order chi connectivity index (χ1) is 6.65. The van der Waals surface area contributed by atoms with Gasteiger partial charge in [-0.3, -0.25) is 0 Å². The Labute approximate surface area is 79.9 Å². The van der Waals surface area contributed by atoms with Crippen LogP contribution in [0.1, 0.15) is 6.92 Å². The maximum atomic E-state index is 12.7. The van der Waals surface area contributed by atoms with Crippen molar-refractivity contribution in [2.45, 2.75) is 6.92 Å². The summed E-state index contributed by atoms with van der Waals surface area (Å²) in [7, 11) is 0. The molecule has 0 aliphatic rings. The topological polar surface area (TPSA) is 12.0 Å². The lowest BCUT2D eigenvalue weighted by atomic mass is 10.3. The largest absolute Gasteiger partial charge is 0.374 e. The van der Waals surface area contributed by atoms with E-state index in [4.69, 9.17) is 0 Å². The molecule has 1 aromatic rings. The number of rotatable bonds is 2. The second-order valence-corrected chi connectivity index (χ2v) is 2.53. The predicted molar refractivity (Wildman–Crippen MR) is 48.3 cm³/mol. The molecule has 1 N–H and O–H groups in total. The maximum Gasteiger partial charge on any atom is 0.194 e. The summed E-state index contributed by atoms with van der Waals surface area (Å²) in [6, 6.07) is 1.77. The molecule has 0 aliphatic carbocycles. The summed E-state index contributed by atoms with van der Waals surface area (Å²) in [5.41, 5.74) is 0.171. The average Bonchev–Trinajstić information content (AvgIpc) is 2.14. The Morgan fingerprint density at radius 1 is 1.21 bits per heavy atom. The zero-order chi connectivity index (χ0) is 10.6. The Bertz CT molecular complexity index is 367. The van der Waals surface area contributed by atoms with E-state index in [1.54, 1.807) is 6.92 Å². The number of hydrogen-bond donors (Lipinski definition) is 1. The smallest absolute Gasteiger partial charge is 0.194 e. The molecule has 1 nitrogen and oxygen atoms in total. The quantitative estimate of drug-likeness (QED) is 0.570. The van der Waals surface area contributed by atoms with Crippen LogP contribution in [0.15, 0.2) is 12.1 Å². The fourth-order valence-corrected chi connectivity index (χ4v) is 0.892. The molecule has 0 unspecified atom stereocenters. The van der Waals surface area contributed by atoms with Crippen LogP contribution in [0.2, 0.25) is 0 Å².